The lowest BCUT2D eigenvalue weighted by molar-refractivity contribution is 0.0697. The van der Waals surface area contributed by atoms with E-state index in [-0.39, 0.29) is 5.56 Å². The monoisotopic (exact) mass is 270 g/mol. The number of hydrogen-bond acceptors (Lipinski definition) is 3. The van der Waals surface area contributed by atoms with E-state index in [9.17, 15) is 4.79 Å². The summed E-state index contributed by atoms with van der Waals surface area (Å²) in [7, 11) is 1.88. The maximum absolute atomic E-state index is 11.1. The number of nitrogens with one attached hydrogen (secondary N) is 1. The number of hydrogen-bond donors (Lipinski definition) is 2. The maximum Gasteiger partial charge on any atom is 0.335 e. The van der Waals surface area contributed by atoms with Gasteiger partial charge in [0.1, 0.15) is 5.69 Å². The van der Waals surface area contributed by atoms with Gasteiger partial charge < -0.3 is 5.11 Å². The second kappa shape index (κ2) is 4.19. The molecule has 0 saturated carbocycles. The molecule has 3 aromatic rings. The maximum atomic E-state index is 11.1. The Kier molecular flexibility index (Phi) is 2.60. The number of aromatic amines is 1. The van der Waals surface area contributed by atoms with Crippen LogP contribution in [0.1, 0.15) is 21.7 Å². The molecule has 2 aromatic heterocycles. The second-order valence-corrected chi connectivity index (χ2v) is 4.81. The molecule has 0 aliphatic heterocycles. The Morgan fingerprint density at radius 2 is 2.10 bits per heavy atom. The standard InChI is InChI=1S/C14H14N4O2/c1-7-12(8(2)18(3)17-7)13-10-6-9(14(19)20)4-5-11(10)15-16-13/h4-6H,1-3H3,(H,15,16)(H,19,20). The normalized spacial score (nSPS) is 11.2. The largest absolute Gasteiger partial charge is 0.478 e. The smallest absolute Gasteiger partial charge is 0.335 e. The predicted molar refractivity (Wildman–Crippen MR) is 74.7 cm³/mol. The molecule has 3 rings (SSSR count). The van der Waals surface area contributed by atoms with Crippen molar-refractivity contribution in [2.45, 2.75) is 13.8 Å². The number of carboxylic acid groups (broad SMARTS) is 1. The molecule has 20 heavy (non-hydrogen) atoms. The first-order chi connectivity index (χ1) is 9.49. The molecule has 2 N–H and O–H groups in total. The van der Waals surface area contributed by atoms with Crippen LogP contribution in [0.2, 0.25) is 0 Å². The summed E-state index contributed by atoms with van der Waals surface area (Å²) in [6.07, 6.45) is 0. The van der Waals surface area contributed by atoms with Gasteiger partial charge in [0, 0.05) is 23.7 Å². The molecule has 0 radical (unpaired) electrons. The van der Waals surface area contributed by atoms with Gasteiger partial charge in [-0.05, 0) is 32.0 Å². The van der Waals surface area contributed by atoms with Gasteiger partial charge in [-0.3, -0.25) is 9.78 Å². The highest BCUT2D eigenvalue weighted by atomic mass is 16.4. The van der Waals surface area contributed by atoms with Gasteiger partial charge in [-0.1, -0.05) is 0 Å². The molecule has 0 spiro atoms. The Morgan fingerprint density at radius 3 is 2.70 bits per heavy atom. The van der Waals surface area contributed by atoms with Crippen LogP contribution < -0.4 is 0 Å². The van der Waals surface area contributed by atoms with E-state index in [1.165, 1.54) is 0 Å². The Morgan fingerprint density at radius 1 is 1.35 bits per heavy atom. The lowest BCUT2D eigenvalue weighted by Gasteiger charge is -2.00. The van der Waals surface area contributed by atoms with Crippen LogP contribution in [0.25, 0.3) is 22.2 Å². The third-order valence-electron chi connectivity index (χ3n) is 3.56. The predicted octanol–water partition coefficient (Wildman–Crippen LogP) is 2.28. The molecule has 6 heteroatoms. The summed E-state index contributed by atoms with van der Waals surface area (Å²) in [5, 5.41) is 21.5. The summed E-state index contributed by atoms with van der Waals surface area (Å²) in [5.41, 5.74) is 4.62. The Bertz CT molecular complexity index is 829. The van der Waals surface area contributed by atoms with Gasteiger partial charge >= 0.3 is 5.97 Å². The highest BCUT2D eigenvalue weighted by Crippen LogP contribution is 2.31. The fourth-order valence-corrected chi connectivity index (χ4v) is 2.45. The van der Waals surface area contributed by atoms with Crippen molar-refractivity contribution in [1.82, 2.24) is 20.0 Å². The Hall–Kier alpha value is -2.63. The van der Waals surface area contributed by atoms with E-state index in [2.05, 4.69) is 15.3 Å². The van der Waals surface area contributed by atoms with E-state index in [1.54, 1.807) is 22.9 Å². The topological polar surface area (TPSA) is 83.8 Å². The third kappa shape index (κ3) is 1.69. The number of aryl methyl sites for hydroxylation is 2. The average molecular weight is 270 g/mol. The lowest BCUT2D eigenvalue weighted by atomic mass is 10.0. The summed E-state index contributed by atoms with van der Waals surface area (Å²) >= 11 is 0. The molecule has 2 heterocycles. The van der Waals surface area contributed by atoms with Crippen LogP contribution in [-0.2, 0) is 7.05 Å². The zero-order chi connectivity index (χ0) is 14.4. The van der Waals surface area contributed by atoms with E-state index in [4.69, 9.17) is 5.11 Å². The van der Waals surface area contributed by atoms with Crippen LogP contribution in [-0.4, -0.2) is 31.1 Å². The molecule has 0 atom stereocenters. The van der Waals surface area contributed by atoms with E-state index in [0.717, 1.165) is 33.5 Å². The average Bonchev–Trinajstić information content (AvgIpc) is 2.91. The Labute approximate surface area is 115 Å². The molecular weight excluding hydrogens is 256 g/mol. The van der Waals surface area contributed by atoms with Crippen LogP contribution in [0.15, 0.2) is 18.2 Å². The van der Waals surface area contributed by atoms with Crippen molar-refractivity contribution in [3.63, 3.8) is 0 Å². The van der Waals surface area contributed by atoms with Crippen molar-refractivity contribution in [3.05, 3.63) is 35.2 Å². The molecule has 102 valence electrons. The summed E-state index contributed by atoms with van der Waals surface area (Å²) < 4.78 is 1.80. The number of carbonyl (C=O) groups is 1. The highest BCUT2D eigenvalue weighted by Gasteiger charge is 2.18. The number of nitrogens with zero attached hydrogens (tertiary/aromatic N) is 3. The fraction of sp³-hybridized carbons (Fsp3) is 0.214. The summed E-state index contributed by atoms with van der Waals surface area (Å²) in [5.74, 6) is -0.946. The van der Waals surface area contributed by atoms with Crippen molar-refractivity contribution in [1.29, 1.82) is 0 Å². The van der Waals surface area contributed by atoms with Crippen molar-refractivity contribution in [2.75, 3.05) is 0 Å². The minimum atomic E-state index is -0.946. The number of benzene rings is 1. The lowest BCUT2D eigenvalue weighted by Crippen LogP contribution is -1.95. The minimum absolute atomic E-state index is 0.249. The van der Waals surface area contributed by atoms with E-state index in [1.807, 2.05) is 20.9 Å². The first-order valence-electron chi connectivity index (χ1n) is 6.21. The SMILES string of the molecule is Cc1nn(C)c(C)c1-c1n[nH]c2ccc(C(=O)O)cc12. The number of H-pyrrole nitrogens is 1. The fourth-order valence-electron chi connectivity index (χ4n) is 2.45. The molecule has 0 amide bonds. The molecule has 0 aliphatic rings. The van der Waals surface area contributed by atoms with Crippen LogP contribution in [0.3, 0.4) is 0 Å². The molecule has 0 unspecified atom stereocenters. The van der Waals surface area contributed by atoms with E-state index in [0.29, 0.717) is 0 Å². The number of fused-ring (bicyclic) bond motifs is 1. The minimum Gasteiger partial charge on any atom is -0.478 e. The van der Waals surface area contributed by atoms with Crippen LogP contribution in [0, 0.1) is 13.8 Å². The van der Waals surface area contributed by atoms with Crippen LogP contribution in [0.5, 0.6) is 0 Å². The van der Waals surface area contributed by atoms with Gasteiger partial charge in [-0.25, -0.2) is 4.79 Å². The molecule has 0 bridgehead atoms. The first-order valence-corrected chi connectivity index (χ1v) is 6.21. The van der Waals surface area contributed by atoms with Crippen molar-refractivity contribution < 1.29 is 9.90 Å². The van der Waals surface area contributed by atoms with Gasteiger partial charge in [0.15, 0.2) is 0 Å². The van der Waals surface area contributed by atoms with Crippen molar-refractivity contribution >= 4 is 16.9 Å². The van der Waals surface area contributed by atoms with E-state index >= 15 is 0 Å². The van der Waals surface area contributed by atoms with Crippen molar-refractivity contribution in [3.8, 4) is 11.3 Å². The molecule has 6 nitrogen and oxygen atoms in total. The van der Waals surface area contributed by atoms with Crippen molar-refractivity contribution in [2.24, 2.45) is 7.05 Å². The molecular formula is C14H14N4O2. The summed E-state index contributed by atoms with van der Waals surface area (Å²) in [6.45, 7) is 3.89. The quantitative estimate of drug-likeness (QED) is 0.748. The first kappa shape index (κ1) is 12.4. The zero-order valence-electron chi connectivity index (χ0n) is 11.4. The molecule has 0 fully saturated rings. The number of carboxylic acids is 1. The summed E-state index contributed by atoms with van der Waals surface area (Å²) in [4.78, 5) is 11.1. The number of aromatic nitrogens is 4. The van der Waals surface area contributed by atoms with Gasteiger partial charge in [0.25, 0.3) is 0 Å². The molecule has 0 aliphatic carbocycles. The van der Waals surface area contributed by atoms with Gasteiger partial charge in [-0.15, -0.1) is 0 Å². The highest BCUT2D eigenvalue weighted by molar-refractivity contribution is 5.99. The third-order valence-corrected chi connectivity index (χ3v) is 3.56. The van der Waals surface area contributed by atoms with Gasteiger partial charge in [-0.2, -0.15) is 10.2 Å². The number of rotatable bonds is 2. The van der Waals surface area contributed by atoms with Gasteiger partial charge in [0.2, 0.25) is 0 Å². The van der Waals surface area contributed by atoms with E-state index < -0.39 is 5.97 Å². The summed E-state index contributed by atoms with van der Waals surface area (Å²) in [6, 6.07) is 4.94. The van der Waals surface area contributed by atoms with Crippen LogP contribution >= 0.6 is 0 Å². The van der Waals surface area contributed by atoms with Gasteiger partial charge in [0.05, 0.1) is 16.8 Å². The zero-order valence-corrected chi connectivity index (χ0v) is 11.4. The second-order valence-electron chi connectivity index (χ2n) is 4.81. The number of aromatic carboxylic acids is 1. The van der Waals surface area contributed by atoms with Crippen LogP contribution in [0.4, 0.5) is 0 Å². The molecule has 1 aromatic carbocycles. The Balaban J connectivity index is 2.31. The molecule has 0 saturated heterocycles.